The fourth-order valence-electron chi connectivity index (χ4n) is 1.88. The first-order valence-corrected chi connectivity index (χ1v) is 7.51. The Morgan fingerprint density at radius 3 is 1.25 bits per heavy atom. The summed E-state index contributed by atoms with van der Waals surface area (Å²) in [6, 6.07) is 21.4. The highest BCUT2D eigenvalue weighted by Gasteiger charge is 2.07. The minimum atomic E-state index is -4.15. The Kier molecular flexibility index (Phi) is 4.53. The number of fused-ring (bicyclic) bond motifs is 2. The lowest BCUT2D eigenvalue weighted by molar-refractivity contribution is 0.235. The molecular weight excluding hydrogens is 275 g/mol. The Labute approximate surface area is 116 Å². The summed E-state index contributed by atoms with van der Waals surface area (Å²) in [5.74, 6) is 0. The zero-order valence-corrected chi connectivity index (χ0v) is 11.8. The molecule has 0 aromatic heterocycles. The number of rotatable bonds is 1. The van der Waals surface area contributed by atoms with Crippen molar-refractivity contribution >= 4 is 29.4 Å². The van der Waals surface area contributed by atoms with E-state index in [4.69, 9.17) is 9.79 Å². The Balaban J connectivity index is 0.000000212. The lowest BCUT2D eigenvalue weighted by Crippen LogP contribution is -1.76. The lowest BCUT2D eigenvalue weighted by atomic mass is 10.0. The average Bonchev–Trinajstić information content (AvgIpc) is 2.45. The number of phosphoric ester groups is 1. The third kappa shape index (κ3) is 3.89. The van der Waals surface area contributed by atoms with Crippen molar-refractivity contribution in [2.24, 2.45) is 0 Å². The largest absolute Gasteiger partial charge is 0.469 e. The van der Waals surface area contributed by atoms with Crippen molar-refractivity contribution in [3.63, 3.8) is 0 Å². The summed E-state index contributed by atoms with van der Waals surface area (Å²) < 4.78 is 13.1. The predicted molar refractivity (Wildman–Crippen MR) is 80.5 cm³/mol. The smallest absolute Gasteiger partial charge is 0.303 e. The second-order valence-electron chi connectivity index (χ2n) is 4.22. The Morgan fingerprint density at radius 2 is 1.05 bits per heavy atom. The van der Waals surface area contributed by atoms with Crippen molar-refractivity contribution in [3.8, 4) is 0 Å². The van der Waals surface area contributed by atoms with Crippen LogP contribution < -0.4 is 0 Å². The van der Waals surface area contributed by atoms with Gasteiger partial charge in [-0.05, 0) is 33.7 Å². The standard InChI is InChI=1S/C14H10.CH5O4P/c1-2-6-12-10-14-8-4-3-7-13(14)9-11(12)5-1;1-5-6(2,3)4/h1-10H;1H3,(H2,2,3,4). The Morgan fingerprint density at radius 1 is 0.800 bits per heavy atom. The van der Waals surface area contributed by atoms with E-state index in [0.29, 0.717) is 0 Å². The van der Waals surface area contributed by atoms with Gasteiger partial charge in [0.25, 0.3) is 0 Å². The Hall–Kier alpha value is -1.71. The van der Waals surface area contributed by atoms with Crippen LogP contribution in [0, 0.1) is 0 Å². The van der Waals surface area contributed by atoms with Crippen molar-refractivity contribution < 1.29 is 18.9 Å². The molecule has 0 saturated heterocycles. The molecule has 0 fully saturated rings. The van der Waals surface area contributed by atoms with Crippen LogP contribution in [-0.4, -0.2) is 16.9 Å². The van der Waals surface area contributed by atoms with Crippen LogP contribution >= 0.6 is 7.82 Å². The lowest BCUT2D eigenvalue weighted by Gasteiger charge is -2.00. The maximum absolute atomic E-state index is 9.47. The summed E-state index contributed by atoms with van der Waals surface area (Å²) in [4.78, 5) is 15.4. The van der Waals surface area contributed by atoms with Gasteiger partial charge in [-0.3, -0.25) is 4.52 Å². The first-order chi connectivity index (χ1) is 9.49. The molecular formula is C15H15O4P. The van der Waals surface area contributed by atoms with Gasteiger partial charge in [0.15, 0.2) is 0 Å². The summed E-state index contributed by atoms with van der Waals surface area (Å²) >= 11 is 0. The topological polar surface area (TPSA) is 66.8 Å². The molecule has 3 aromatic carbocycles. The molecule has 0 heterocycles. The van der Waals surface area contributed by atoms with Crippen LogP contribution in [0.15, 0.2) is 60.7 Å². The van der Waals surface area contributed by atoms with E-state index in [1.807, 2.05) is 0 Å². The highest BCUT2D eigenvalue weighted by Crippen LogP contribution is 2.33. The molecule has 0 spiro atoms. The molecule has 0 atom stereocenters. The predicted octanol–water partition coefficient (Wildman–Crippen LogP) is 3.72. The number of benzene rings is 3. The molecule has 0 radical (unpaired) electrons. The van der Waals surface area contributed by atoms with Gasteiger partial charge in [-0.1, -0.05) is 48.5 Å². The van der Waals surface area contributed by atoms with Gasteiger partial charge in [-0.15, -0.1) is 0 Å². The summed E-state index contributed by atoms with van der Waals surface area (Å²) in [5, 5.41) is 5.25. The third-order valence-corrected chi connectivity index (χ3v) is 3.33. The highest BCUT2D eigenvalue weighted by atomic mass is 31.2. The fraction of sp³-hybridized carbons (Fsp3) is 0.0667. The van der Waals surface area contributed by atoms with Crippen LogP contribution in [0.1, 0.15) is 0 Å². The van der Waals surface area contributed by atoms with E-state index in [1.165, 1.54) is 21.5 Å². The van der Waals surface area contributed by atoms with Gasteiger partial charge in [-0.2, -0.15) is 0 Å². The zero-order chi connectivity index (χ0) is 14.6. The first-order valence-electron chi connectivity index (χ1n) is 5.98. The van der Waals surface area contributed by atoms with E-state index in [0.717, 1.165) is 7.11 Å². The van der Waals surface area contributed by atoms with Crippen molar-refractivity contribution in [1.82, 2.24) is 0 Å². The normalized spacial score (nSPS) is 11.2. The summed E-state index contributed by atoms with van der Waals surface area (Å²) in [6.45, 7) is 0. The summed E-state index contributed by atoms with van der Waals surface area (Å²) in [6.07, 6.45) is 0. The SMILES string of the molecule is COP(=O)(O)O.c1ccc2cc3ccccc3cc2c1. The maximum atomic E-state index is 9.47. The van der Waals surface area contributed by atoms with E-state index in [1.54, 1.807) is 0 Å². The molecule has 0 aliphatic heterocycles. The molecule has 5 heteroatoms. The van der Waals surface area contributed by atoms with Crippen LogP contribution in [0.5, 0.6) is 0 Å². The second-order valence-corrected chi connectivity index (χ2v) is 5.57. The maximum Gasteiger partial charge on any atom is 0.469 e. The van der Waals surface area contributed by atoms with E-state index < -0.39 is 7.82 Å². The van der Waals surface area contributed by atoms with Gasteiger partial charge in [0.1, 0.15) is 0 Å². The molecule has 3 aromatic rings. The van der Waals surface area contributed by atoms with Crippen molar-refractivity contribution in [3.05, 3.63) is 60.7 Å². The fourth-order valence-corrected chi connectivity index (χ4v) is 1.88. The molecule has 3 rings (SSSR count). The van der Waals surface area contributed by atoms with E-state index in [2.05, 4.69) is 65.2 Å². The zero-order valence-electron chi connectivity index (χ0n) is 10.9. The highest BCUT2D eigenvalue weighted by molar-refractivity contribution is 7.46. The van der Waals surface area contributed by atoms with Gasteiger partial charge in [0, 0.05) is 7.11 Å². The minimum absolute atomic E-state index is 0.945. The number of phosphoric acid groups is 1. The van der Waals surface area contributed by atoms with E-state index in [9.17, 15) is 4.57 Å². The van der Waals surface area contributed by atoms with Gasteiger partial charge in [0.05, 0.1) is 0 Å². The van der Waals surface area contributed by atoms with Crippen molar-refractivity contribution in [2.75, 3.05) is 7.11 Å². The van der Waals surface area contributed by atoms with Crippen LogP contribution in [0.2, 0.25) is 0 Å². The van der Waals surface area contributed by atoms with E-state index >= 15 is 0 Å². The van der Waals surface area contributed by atoms with E-state index in [-0.39, 0.29) is 0 Å². The second kappa shape index (κ2) is 6.16. The van der Waals surface area contributed by atoms with Crippen LogP contribution in [0.25, 0.3) is 21.5 Å². The molecule has 0 aliphatic carbocycles. The van der Waals surface area contributed by atoms with Crippen LogP contribution in [0.4, 0.5) is 0 Å². The number of hydrogen-bond donors (Lipinski definition) is 2. The van der Waals surface area contributed by atoms with Crippen LogP contribution in [0.3, 0.4) is 0 Å². The third-order valence-electron chi connectivity index (χ3n) is 2.85. The van der Waals surface area contributed by atoms with Crippen LogP contribution in [-0.2, 0) is 9.09 Å². The average molecular weight is 290 g/mol. The molecule has 4 nitrogen and oxygen atoms in total. The van der Waals surface area contributed by atoms with Gasteiger partial charge >= 0.3 is 7.82 Å². The molecule has 104 valence electrons. The molecule has 0 bridgehead atoms. The molecule has 0 aliphatic rings. The first kappa shape index (κ1) is 14.7. The number of hydrogen-bond acceptors (Lipinski definition) is 2. The van der Waals surface area contributed by atoms with Gasteiger partial charge in [0.2, 0.25) is 0 Å². The van der Waals surface area contributed by atoms with Gasteiger partial charge < -0.3 is 9.79 Å². The van der Waals surface area contributed by atoms with Crippen molar-refractivity contribution in [2.45, 2.75) is 0 Å². The molecule has 0 unspecified atom stereocenters. The minimum Gasteiger partial charge on any atom is -0.303 e. The summed E-state index contributed by atoms with van der Waals surface area (Å²) in [7, 11) is -3.20. The molecule has 20 heavy (non-hydrogen) atoms. The monoisotopic (exact) mass is 290 g/mol. The molecule has 2 N–H and O–H groups in total. The molecule has 0 saturated carbocycles. The summed E-state index contributed by atoms with van der Waals surface area (Å²) in [5.41, 5.74) is 0. The quantitative estimate of drug-likeness (QED) is 0.529. The Bertz CT molecular complexity index is 659. The molecule has 0 amide bonds. The van der Waals surface area contributed by atoms with Gasteiger partial charge in [-0.25, -0.2) is 4.57 Å². The van der Waals surface area contributed by atoms with Crippen molar-refractivity contribution in [1.29, 1.82) is 0 Å².